The first kappa shape index (κ1) is 19.5. The van der Waals surface area contributed by atoms with Gasteiger partial charge in [-0.3, -0.25) is 9.97 Å². The minimum atomic E-state index is 0.890. The monoisotopic (exact) mass is 388 g/mol. The van der Waals surface area contributed by atoms with Crippen molar-refractivity contribution >= 4 is 24.3 Å². The van der Waals surface area contributed by atoms with E-state index in [0.29, 0.717) is 0 Å². The van der Waals surface area contributed by atoms with Gasteiger partial charge in [-0.05, 0) is 60.4 Å². The molecular weight excluding hydrogens is 364 g/mol. The van der Waals surface area contributed by atoms with Crippen molar-refractivity contribution < 1.29 is 0 Å². The van der Waals surface area contributed by atoms with Gasteiger partial charge in [-0.2, -0.15) is 0 Å². The van der Waals surface area contributed by atoms with E-state index in [4.69, 9.17) is 9.97 Å². The Kier molecular flexibility index (Phi) is 5.95. The van der Waals surface area contributed by atoms with Crippen molar-refractivity contribution in [1.82, 2.24) is 9.97 Å². The number of nitrogens with zero attached hydrogens (tertiary/aromatic N) is 2. The Labute approximate surface area is 178 Å². The number of benzene rings is 2. The lowest BCUT2D eigenvalue weighted by molar-refractivity contribution is 1.14. The molecule has 0 amide bonds. The zero-order valence-electron chi connectivity index (χ0n) is 17.3. The van der Waals surface area contributed by atoms with E-state index in [-0.39, 0.29) is 0 Å². The molecule has 0 unspecified atom stereocenters. The van der Waals surface area contributed by atoms with Gasteiger partial charge in [0.1, 0.15) is 0 Å². The highest BCUT2D eigenvalue weighted by molar-refractivity contribution is 5.74. The summed E-state index contributed by atoms with van der Waals surface area (Å²) in [5.41, 5.74) is 8.32. The number of aromatic nitrogens is 2. The Morgan fingerprint density at radius 1 is 0.467 bits per heavy atom. The standard InChI is InChI=1S/C28H24N2/c1-21-17-25(15-13-23-9-5-3-6-10-23)19-27(29-21)28-20-26(18-22(2)30-28)16-14-24-11-7-4-8-12-24/h3-20H,1-2H3/b15-13+,16-14+. The molecule has 2 heteroatoms. The maximum Gasteiger partial charge on any atom is 0.0895 e. The molecule has 2 heterocycles. The summed E-state index contributed by atoms with van der Waals surface area (Å²) in [6, 6.07) is 29.0. The molecule has 0 aliphatic carbocycles. The summed E-state index contributed by atoms with van der Waals surface area (Å²) in [6.07, 6.45) is 8.49. The molecule has 0 fully saturated rings. The van der Waals surface area contributed by atoms with Crippen LogP contribution in [0.2, 0.25) is 0 Å². The molecule has 0 bridgehead atoms. The van der Waals surface area contributed by atoms with Gasteiger partial charge in [-0.1, -0.05) is 85.0 Å². The van der Waals surface area contributed by atoms with Crippen molar-refractivity contribution in [2.45, 2.75) is 13.8 Å². The minimum Gasteiger partial charge on any atom is -0.251 e. The second-order valence-corrected chi connectivity index (χ2v) is 7.34. The van der Waals surface area contributed by atoms with E-state index in [1.165, 1.54) is 11.1 Å². The summed E-state index contributed by atoms with van der Waals surface area (Å²) in [5, 5.41) is 0. The lowest BCUT2D eigenvalue weighted by atomic mass is 10.1. The molecule has 0 atom stereocenters. The Morgan fingerprint density at radius 3 is 1.23 bits per heavy atom. The largest absolute Gasteiger partial charge is 0.251 e. The first-order chi connectivity index (χ1) is 14.7. The van der Waals surface area contributed by atoms with Crippen LogP contribution in [0.15, 0.2) is 84.9 Å². The Balaban J connectivity index is 1.65. The van der Waals surface area contributed by atoms with Crippen LogP contribution in [0.1, 0.15) is 33.6 Å². The molecule has 0 radical (unpaired) electrons. The van der Waals surface area contributed by atoms with E-state index in [1.54, 1.807) is 0 Å². The SMILES string of the molecule is Cc1cc(/C=C/c2ccccc2)cc(-c2cc(/C=C/c3ccccc3)cc(C)n2)n1. The lowest BCUT2D eigenvalue weighted by Crippen LogP contribution is -1.94. The molecular formula is C28H24N2. The van der Waals surface area contributed by atoms with Crippen LogP contribution in [0.5, 0.6) is 0 Å². The first-order valence-corrected chi connectivity index (χ1v) is 10.1. The maximum absolute atomic E-state index is 4.74. The Bertz CT molecular complexity index is 1090. The number of hydrogen-bond donors (Lipinski definition) is 0. The third-order valence-electron chi connectivity index (χ3n) is 4.75. The van der Waals surface area contributed by atoms with Crippen LogP contribution < -0.4 is 0 Å². The van der Waals surface area contributed by atoms with Gasteiger partial charge in [0.25, 0.3) is 0 Å². The summed E-state index contributed by atoms with van der Waals surface area (Å²) in [5.74, 6) is 0. The van der Waals surface area contributed by atoms with E-state index in [0.717, 1.165) is 33.9 Å². The molecule has 0 spiro atoms. The molecule has 30 heavy (non-hydrogen) atoms. The highest BCUT2D eigenvalue weighted by atomic mass is 14.8. The average Bonchev–Trinajstić information content (AvgIpc) is 2.77. The third kappa shape index (κ3) is 5.18. The Morgan fingerprint density at radius 2 is 0.833 bits per heavy atom. The van der Waals surface area contributed by atoms with E-state index >= 15 is 0 Å². The summed E-state index contributed by atoms with van der Waals surface area (Å²) >= 11 is 0. The van der Waals surface area contributed by atoms with E-state index in [2.05, 4.69) is 72.8 Å². The van der Waals surface area contributed by atoms with Gasteiger partial charge in [-0.25, -0.2) is 0 Å². The van der Waals surface area contributed by atoms with Gasteiger partial charge in [0.2, 0.25) is 0 Å². The predicted octanol–water partition coefficient (Wildman–Crippen LogP) is 7.10. The van der Waals surface area contributed by atoms with Gasteiger partial charge in [-0.15, -0.1) is 0 Å². The zero-order chi connectivity index (χ0) is 20.8. The van der Waals surface area contributed by atoms with Gasteiger partial charge >= 0.3 is 0 Å². The summed E-state index contributed by atoms with van der Waals surface area (Å²) in [6.45, 7) is 4.05. The zero-order valence-corrected chi connectivity index (χ0v) is 17.3. The second kappa shape index (κ2) is 9.15. The van der Waals surface area contributed by atoms with E-state index in [9.17, 15) is 0 Å². The molecule has 146 valence electrons. The molecule has 0 aliphatic rings. The maximum atomic E-state index is 4.74. The fourth-order valence-corrected chi connectivity index (χ4v) is 3.36. The topological polar surface area (TPSA) is 25.8 Å². The van der Waals surface area contributed by atoms with Crippen LogP contribution in [0.4, 0.5) is 0 Å². The molecule has 2 aromatic heterocycles. The fraction of sp³-hybridized carbons (Fsp3) is 0.0714. The minimum absolute atomic E-state index is 0.890. The van der Waals surface area contributed by atoms with Gasteiger partial charge in [0.05, 0.1) is 11.4 Å². The van der Waals surface area contributed by atoms with Crippen LogP contribution in [0, 0.1) is 13.8 Å². The molecule has 0 N–H and O–H groups in total. The fourth-order valence-electron chi connectivity index (χ4n) is 3.36. The van der Waals surface area contributed by atoms with Crippen molar-refractivity contribution in [3.8, 4) is 11.4 Å². The highest BCUT2D eigenvalue weighted by Crippen LogP contribution is 2.22. The third-order valence-corrected chi connectivity index (χ3v) is 4.75. The molecule has 2 nitrogen and oxygen atoms in total. The number of pyridine rings is 2. The molecule has 0 aliphatic heterocycles. The quantitative estimate of drug-likeness (QED) is 0.364. The molecule has 0 saturated carbocycles. The van der Waals surface area contributed by atoms with Gasteiger partial charge in [0.15, 0.2) is 0 Å². The average molecular weight is 389 g/mol. The number of hydrogen-bond acceptors (Lipinski definition) is 2. The smallest absolute Gasteiger partial charge is 0.0895 e. The molecule has 0 saturated heterocycles. The second-order valence-electron chi connectivity index (χ2n) is 7.34. The summed E-state index contributed by atoms with van der Waals surface area (Å²) in [4.78, 5) is 9.48. The highest BCUT2D eigenvalue weighted by Gasteiger charge is 2.06. The van der Waals surface area contributed by atoms with Crippen LogP contribution in [-0.4, -0.2) is 9.97 Å². The van der Waals surface area contributed by atoms with Gasteiger partial charge < -0.3 is 0 Å². The molecule has 2 aromatic carbocycles. The normalized spacial score (nSPS) is 11.4. The number of rotatable bonds is 5. The van der Waals surface area contributed by atoms with Gasteiger partial charge in [0, 0.05) is 11.4 Å². The predicted molar refractivity (Wildman–Crippen MR) is 128 cm³/mol. The van der Waals surface area contributed by atoms with Crippen molar-refractivity contribution in [2.24, 2.45) is 0 Å². The molecule has 4 aromatic rings. The summed E-state index contributed by atoms with van der Waals surface area (Å²) < 4.78 is 0. The van der Waals surface area contributed by atoms with E-state index < -0.39 is 0 Å². The molecule has 4 rings (SSSR count). The first-order valence-electron chi connectivity index (χ1n) is 10.1. The van der Waals surface area contributed by atoms with Crippen LogP contribution in [0.3, 0.4) is 0 Å². The summed E-state index contributed by atoms with van der Waals surface area (Å²) in [7, 11) is 0. The van der Waals surface area contributed by atoms with Crippen molar-refractivity contribution in [1.29, 1.82) is 0 Å². The van der Waals surface area contributed by atoms with Crippen LogP contribution >= 0.6 is 0 Å². The van der Waals surface area contributed by atoms with Crippen molar-refractivity contribution in [2.75, 3.05) is 0 Å². The van der Waals surface area contributed by atoms with Crippen LogP contribution in [-0.2, 0) is 0 Å². The van der Waals surface area contributed by atoms with Crippen molar-refractivity contribution in [3.63, 3.8) is 0 Å². The van der Waals surface area contributed by atoms with E-state index in [1.807, 2.05) is 50.2 Å². The number of aryl methyl sites for hydroxylation is 2. The lowest BCUT2D eigenvalue weighted by Gasteiger charge is -2.07. The Hall–Kier alpha value is -3.78. The van der Waals surface area contributed by atoms with Crippen molar-refractivity contribution in [3.05, 3.63) is 119 Å². The van der Waals surface area contributed by atoms with Crippen LogP contribution in [0.25, 0.3) is 35.7 Å².